The minimum atomic E-state index is -3.43. The van der Waals surface area contributed by atoms with Crippen molar-refractivity contribution < 1.29 is 22.7 Å². The molecule has 4 N–H and O–H groups in total. The molecule has 0 bridgehead atoms. The van der Waals surface area contributed by atoms with E-state index >= 15 is 0 Å². The molecular weight excluding hydrogens is 520 g/mol. The molecule has 0 saturated heterocycles. The number of hydrogen-bond acceptors (Lipinski definition) is 8. The average molecular weight is 551 g/mol. The number of nitrogens with one attached hydrogen (secondary N) is 4. The molecule has 2 aromatic carbocycles. The Balaban J connectivity index is 1.56. The summed E-state index contributed by atoms with van der Waals surface area (Å²) in [5.74, 6) is 0.954. The second kappa shape index (κ2) is 10.8. The molecule has 11 nitrogen and oxygen atoms in total. The summed E-state index contributed by atoms with van der Waals surface area (Å²) < 4.78 is 38.0. The Bertz CT molecular complexity index is 1630. The molecule has 5 rings (SSSR count). The van der Waals surface area contributed by atoms with Gasteiger partial charge >= 0.3 is 0 Å². The molecule has 0 radical (unpaired) electrons. The Morgan fingerprint density at radius 1 is 1.10 bits per heavy atom. The van der Waals surface area contributed by atoms with Crippen molar-refractivity contribution in [3.8, 4) is 22.8 Å². The number of ether oxygens (including phenoxy) is 2. The van der Waals surface area contributed by atoms with Crippen molar-refractivity contribution in [2.45, 2.75) is 31.8 Å². The van der Waals surface area contributed by atoms with E-state index in [0.29, 0.717) is 45.5 Å². The second-order valence-corrected chi connectivity index (χ2v) is 11.1. The normalized spacial score (nSPS) is 13.8. The minimum Gasteiger partial charge on any atom is -0.495 e. The Hall–Kier alpha value is -4.32. The van der Waals surface area contributed by atoms with E-state index in [4.69, 9.17) is 14.5 Å². The van der Waals surface area contributed by atoms with Crippen LogP contribution in [0.4, 0.5) is 17.3 Å². The van der Waals surface area contributed by atoms with Gasteiger partial charge in [-0.2, -0.15) is 9.97 Å². The third-order valence-corrected chi connectivity index (χ3v) is 7.10. The first-order chi connectivity index (χ1) is 18.7. The number of carbonyl (C=O) groups excluding carboxylic acids is 1. The van der Waals surface area contributed by atoms with E-state index in [1.165, 1.54) is 7.11 Å². The molecule has 1 aliphatic carbocycles. The number of aromatic amines is 1. The number of amides is 1. The third-order valence-electron chi connectivity index (χ3n) is 6.49. The predicted octanol–water partition coefficient (Wildman–Crippen LogP) is 4.43. The molecule has 0 unspecified atom stereocenters. The topological polar surface area (TPSA) is 147 Å². The molecule has 2 aromatic heterocycles. The molecule has 12 heteroatoms. The molecule has 204 valence electrons. The molecule has 0 atom stereocenters. The van der Waals surface area contributed by atoms with Crippen LogP contribution in [0.15, 0.2) is 48.7 Å². The number of hydrogen-bond donors (Lipinski definition) is 4. The summed E-state index contributed by atoms with van der Waals surface area (Å²) in [7, 11) is -0.334. The Morgan fingerprint density at radius 3 is 2.62 bits per heavy atom. The van der Waals surface area contributed by atoms with Crippen LogP contribution in [0.3, 0.4) is 0 Å². The SMILES string of the molecule is CNC(=O)c1ccc(Nc2nc(OC3CCCC3)c3c(-c4cccc(NS(C)(=O)=O)c4)c[nH]c3n2)c(OC)c1. The zero-order chi connectivity index (χ0) is 27.6. The maximum atomic E-state index is 12.0. The van der Waals surface area contributed by atoms with Crippen molar-refractivity contribution in [2.24, 2.45) is 0 Å². The van der Waals surface area contributed by atoms with Gasteiger partial charge in [-0.15, -0.1) is 0 Å². The highest BCUT2D eigenvalue weighted by Crippen LogP contribution is 2.38. The van der Waals surface area contributed by atoms with Gasteiger partial charge in [-0.25, -0.2) is 8.42 Å². The lowest BCUT2D eigenvalue weighted by molar-refractivity contribution is 0.0962. The van der Waals surface area contributed by atoms with Crippen LogP contribution in [0.25, 0.3) is 22.2 Å². The maximum Gasteiger partial charge on any atom is 0.251 e. The van der Waals surface area contributed by atoms with Gasteiger partial charge in [0.1, 0.15) is 17.5 Å². The first kappa shape index (κ1) is 26.3. The summed E-state index contributed by atoms with van der Waals surface area (Å²) in [6.07, 6.45) is 7.03. The van der Waals surface area contributed by atoms with Crippen LogP contribution in [0.1, 0.15) is 36.0 Å². The summed E-state index contributed by atoms with van der Waals surface area (Å²) in [4.78, 5) is 24.7. The number of anilines is 3. The number of aromatic nitrogens is 3. The highest BCUT2D eigenvalue weighted by atomic mass is 32.2. The monoisotopic (exact) mass is 550 g/mol. The Kier molecular flexibility index (Phi) is 7.29. The van der Waals surface area contributed by atoms with E-state index in [9.17, 15) is 13.2 Å². The van der Waals surface area contributed by atoms with Gasteiger partial charge in [0, 0.05) is 30.1 Å². The lowest BCUT2D eigenvalue weighted by Crippen LogP contribution is -2.17. The van der Waals surface area contributed by atoms with Crippen molar-refractivity contribution in [3.63, 3.8) is 0 Å². The summed E-state index contributed by atoms with van der Waals surface area (Å²) >= 11 is 0. The minimum absolute atomic E-state index is 0.0401. The smallest absolute Gasteiger partial charge is 0.251 e. The first-order valence-electron chi connectivity index (χ1n) is 12.5. The molecule has 0 spiro atoms. The zero-order valence-electron chi connectivity index (χ0n) is 21.9. The van der Waals surface area contributed by atoms with Crippen LogP contribution in [0.5, 0.6) is 11.6 Å². The summed E-state index contributed by atoms with van der Waals surface area (Å²) in [5.41, 5.74) is 3.62. The molecule has 1 saturated carbocycles. The van der Waals surface area contributed by atoms with E-state index in [2.05, 4.69) is 25.3 Å². The number of carbonyl (C=O) groups is 1. The number of methoxy groups -OCH3 is 1. The van der Waals surface area contributed by atoms with Crippen molar-refractivity contribution >= 4 is 44.3 Å². The zero-order valence-corrected chi connectivity index (χ0v) is 22.7. The summed E-state index contributed by atoms with van der Waals surface area (Å²) in [6.45, 7) is 0. The molecule has 0 aliphatic heterocycles. The first-order valence-corrected chi connectivity index (χ1v) is 14.4. The highest BCUT2D eigenvalue weighted by Gasteiger charge is 2.23. The van der Waals surface area contributed by atoms with Crippen molar-refractivity contribution in [1.82, 2.24) is 20.3 Å². The van der Waals surface area contributed by atoms with E-state index in [1.54, 1.807) is 43.4 Å². The van der Waals surface area contributed by atoms with Crippen LogP contribution in [0, 0.1) is 0 Å². The van der Waals surface area contributed by atoms with Crippen molar-refractivity contribution in [3.05, 3.63) is 54.2 Å². The number of benzene rings is 2. The lowest BCUT2D eigenvalue weighted by atomic mass is 10.1. The number of nitrogens with zero attached hydrogens (tertiary/aromatic N) is 2. The van der Waals surface area contributed by atoms with Gasteiger partial charge < -0.3 is 25.1 Å². The molecule has 1 aliphatic rings. The van der Waals surface area contributed by atoms with Crippen LogP contribution in [0.2, 0.25) is 0 Å². The fraction of sp³-hybridized carbons (Fsp3) is 0.296. The summed E-state index contributed by atoms with van der Waals surface area (Å²) in [6, 6.07) is 12.2. The number of H-pyrrole nitrogens is 1. The molecule has 1 fully saturated rings. The van der Waals surface area contributed by atoms with Crippen LogP contribution in [-0.4, -0.2) is 55.8 Å². The Labute approximate surface area is 226 Å². The number of fused-ring (bicyclic) bond motifs is 1. The van der Waals surface area contributed by atoms with Gasteiger partial charge in [0.2, 0.25) is 21.9 Å². The van der Waals surface area contributed by atoms with Gasteiger partial charge in [0.25, 0.3) is 5.91 Å². The molecule has 1 amide bonds. The molecule has 4 aromatic rings. The van der Waals surface area contributed by atoms with Crippen LogP contribution < -0.4 is 24.8 Å². The number of rotatable bonds is 9. The predicted molar refractivity (Wildman–Crippen MR) is 150 cm³/mol. The quantitative estimate of drug-likeness (QED) is 0.239. The van der Waals surface area contributed by atoms with Crippen LogP contribution in [-0.2, 0) is 10.0 Å². The van der Waals surface area contributed by atoms with Gasteiger partial charge in [-0.05, 0) is 61.6 Å². The molecule has 39 heavy (non-hydrogen) atoms. The van der Waals surface area contributed by atoms with Gasteiger partial charge in [-0.1, -0.05) is 12.1 Å². The fourth-order valence-electron chi connectivity index (χ4n) is 4.70. The van der Waals surface area contributed by atoms with Gasteiger partial charge in [0.15, 0.2) is 0 Å². The van der Waals surface area contributed by atoms with Crippen molar-refractivity contribution in [1.29, 1.82) is 0 Å². The van der Waals surface area contributed by atoms with E-state index < -0.39 is 10.0 Å². The maximum absolute atomic E-state index is 12.0. The van der Waals surface area contributed by atoms with Gasteiger partial charge in [0.05, 0.1) is 24.4 Å². The standard InChI is InChI=1S/C27H30N6O5S/c1-28-25(34)17-11-12-21(22(14-17)37-2)30-27-31-24-23(26(32-27)38-19-9-4-5-10-19)20(15-29-24)16-7-6-8-18(13-16)33-39(3,35)36/h6-8,11-15,19,33H,4-5,9-10H2,1-3H3,(H,28,34)(H2,29,30,31,32). The van der Waals surface area contributed by atoms with Crippen molar-refractivity contribution in [2.75, 3.05) is 30.5 Å². The number of sulfonamides is 1. The summed E-state index contributed by atoms with van der Waals surface area (Å²) in [5, 5.41) is 6.49. The van der Waals surface area contributed by atoms with E-state index in [-0.39, 0.29) is 12.0 Å². The lowest BCUT2D eigenvalue weighted by Gasteiger charge is -2.16. The third kappa shape index (κ3) is 5.90. The van der Waals surface area contributed by atoms with E-state index in [1.807, 2.05) is 12.3 Å². The second-order valence-electron chi connectivity index (χ2n) is 9.38. The van der Waals surface area contributed by atoms with Gasteiger partial charge in [-0.3, -0.25) is 9.52 Å². The van der Waals surface area contributed by atoms with E-state index in [0.717, 1.165) is 43.1 Å². The average Bonchev–Trinajstić information content (AvgIpc) is 3.58. The Morgan fingerprint density at radius 2 is 1.90 bits per heavy atom. The highest BCUT2D eigenvalue weighted by molar-refractivity contribution is 7.92. The molecular formula is C27H30N6O5S. The largest absolute Gasteiger partial charge is 0.495 e. The van der Waals surface area contributed by atoms with Crippen LogP contribution >= 0.6 is 0 Å². The molecule has 2 heterocycles. The fourth-order valence-corrected chi connectivity index (χ4v) is 5.25.